The third-order valence-electron chi connectivity index (χ3n) is 1.79. The average Bonchev–Trinajstić information content (AvgIpc) is 2.18. The van der Waals surface area contributed by atoms with Crippen molar-refractivity contribution in [2.75, 3.05) is 13.2 Å². The van der Waals surface area contributed by atoms with E-state index in [-0.39, 0.29) is 0 Å². The van der Waals surface area contributed by atoms with Crippen LogP contribution < -0.4 is 15.3 Å². The molecule has 0 fully saturated rings. The summed E-state index contributed by atoms with van der Waals surface area (Å²) in [5.41, 5.74) is 0.909. The van der Waals surface area contributed by atoms with Gasteiger partial charge in [0, 0.05) is 0 Å². The Morgan fingerprint density at radius 3 is 2.77 bits per heavy atom. The number of rotatable bonds is 1. The van der Waals surface area contributed by atoms with Crippen molar-refractivity contribution in [3.63, 3.8) is 0 Å². The fourth-order valence-electron chi connectivity index (χ4n) is 1.23. The SMILES string of the molecule is NN=Cc1ccc2c(c1)OCCO2. The monoisotopic (exact) mass is 178 g/mol. The lowest BCUT2D eigenvalue weighted by Gasteiger charge is -2.18. The maximum absolute atomic E-state index is 5.38. The number of fused-ring (bicyclic) bond motifs is 1. The van der Waals surface area contributed by atoms with E-state index in [4.69, 9.17) is 15.3 Å². The van der Waals surface area contributed by atoms with Crippen LogP contribution in [0.15, 0.2) is 23.3 Å². The van der Waals surface area contributed by atoms with Crippen LogP contribution in [0, 0.1) is 0 Å². The third-order valence-corrected chi connectivity index (χ3v) is 1.79. The van der Waals surface area contributed by atoms with Crippen LogP contribution in [0.25, 0.3) is 0 Å². The Morgan fingerprint density at radius 1 is 1.23 bits per heavy atom. The van der Waals surface area contributed by atoms with Crippen molar-refractivity contribution in [2.24, 2.45) is 10.9 Å². The number of nitrogens with two attached hydrogens (primary N) is 1. The largest absolute Gasteiger partial charge is 0.486 e. The van der Waals surface area contributed by atoms with Gasteiger partial charge in [-0.2, -0.15) is 5.10 Å². The van der Waals surface area contributed by atoms with Gasteiger partial charge in [0.2, 0.25) is 0 Å². The van der Waals surface area contributed by atoms with Gasteiger partial charge in [-0.05, 0) is 23.8 Å². The second kappa shape index (κ2) is 3.35. The number of hydrazone groups is 1. The second-order valence-electron chi connectivity index (χ2n) is 2.68. The smallest absolute Gasteiger partial charge is 0.162 e. The van der Waals surface area contributed by atoms with E-state index in [1.54, 1.807) is 6.21 Å². The fraction of sp³-hybridized carbons (Fsp3) is 0.222. The second-order valence-corrected chi connectivity index (χ2v) is 2.68. The molecule has 13 heavy (non-hydrogen) atoms. The quantitative estimate of drug-likeness (QED) is 0.392. The van der Waals surface area contributed by atoms with Gasteiger partial charge in [-0.1, -0.05) is 0 Å². The molecule has 4 heteroatoms. The first-order chi connectivity index (χ1) is 6.40. The summed E-state index contributed by atoms with van der Waals surface area (Å²) in [7, 11) is 0. The number of benzene rings is 1. The molecule has 1 aromatic rings. The third kappa shape index (κ3) is 1.56. The lowest BCUT2D eigenvalue weighted by atomic mass is 10.2. The molecular weight excluding hydrogens is 168 g/mol. The van der Waals surface area contributed by atoms with Crippen molar-refractivity contribution >= 4 is 6.21 Å². The van der Waals surface area contributed by atoms with E-state index in [1.165, 1.54) is 0 Å². The predicted octanol–water partition coefficient (Wildman–Crippen LogP) is 0.750. The molecule has 0 spiro atoms. The summed E-state index contributed by atoms with van der Waals surface area (Å²) in [6.07, 6.45) is 1.57. The molecule has 0 radical (unpaired) electrons. The van der Waals surface area contributed by atoms with Gasteiger partial charge in [0.25, 0.3) is 0 Å². The van der Waals surface area contributed by atoms with E-state index in [0.717, 1.165) is 17.1 Å². The summed E-state index contributed by atoms with van der Waals surface area (Å²) in [4.78, 5) is 0. The van der Waals surface area contributed by atoms with Crippen molar-refractivity contribution in [3.05, 3.63) is 23.8 Å². The Bertz CT molecular complexity index is 336. The van der Waals surface area contributed by atoms with Crippen LogP contribution in [-0.2, 0) is 0 Å². The first-order valence-corrected chi connectivity index (χ1v) is 4.03. The molecule has 0 saturated carbocycles. The number of hydrogen-bond donors (Lipinski definition) is 1. The molecule has 1 aliphatic rings. The molecule has 0 bridgehead atoms. The molecule has 0 atom stereocenters. The van der Waals surface area contributed by atoms with E-state index >= 15 is 0 Å². The molecule has 0 aliphatic carbocycles. The van der Waals surface area contributed by atoms with Crippen LogP contribution in [0.4, 0.5) is 0 Å². The summed E-state index contributed by atoms with van der Waals surface area (Å²) in [6, 6.07) is 5.58. The molecule has 1 aliphatic heterocycles. The molecule has 0 unspecified atom stereocenters. The zero-order valence-electron chi connectivity index (χ0n) is 7.06. The Labute approximate surface area is 76.0 Å². The highest BCUT2D eigenvalue weighted by Crippen LogP contribution is 2.30. The van der Waals surface area contributed by atoms with E-state index in [9.17, 15) is 0 Å². The molecule has 68 valence electrons. The Balaban J connectivity index is 2.35. The van der Waals surface area contributed by atoms with Crippen LogP contribution in [0.1, 0.15) is 5.56 Å². The van der Waals surface area contributed by atoms with Crippen LogP contribution in [0.3, 0.4) is 0 Å². The van der Waals surface area contributed by atoms with E-state index < -0.39 is 0 Å². The minimum atomic E-state index is 0.593. The summed E-state index contributed by atoms with van der Waals surface area (Å²) < 4.78 is 10.7. The van der Waals surface area contributed by atoms with Crippen molar-refractivity contribution < 1.29 is 9.47 Å². The summed E-state index contributed by atoms with van der Waals surface area (Å²) in [6.45, 7) is 1.20. The molecule has 0 amide bonds. The first-order valence-electron chi connectivity index (χ1n) is 4.03. The van der Waals surface area contributed by atoms with Crippen molar-refractivity contribution in [1.82, 2.24) is 0 Å². The molecule has 2 N–H and O–H groups in total. The zero-order valence-corrected chi connectivity index (χ0v) is 7.06. The molecule has 2 rings (SSSR count). The standard InChI is InChI=1S/C9H10N2O2/c10-11-6-7-1-2-8-9(5-7)13-4-3-12-8/h1-2,5-6H,3-4,10H2. The maximum Gasteiger partial charge on any atom is 0.162 e. The van der Waals surface area contributed by atoms with Gasteiger partial charge in [0.05, 0.1) is 6.21 Å². The van der Waals surface area contributed by atoms with Crippen LogP contribution >= 0.6 is 0 Å². The predicted molar refractivity (Wildman–Crippen MR) is 49.2 cm³/mol. The lowest BCUT2D eigenvalue weighted by Crippen LogP contribution is -2.15. The highest BCUT2D eigenvalue weighted by Gasteiger charge is 2.10. The van der Waals surface area contributed by atoms with E-state index in [2.05, 4.69) is 5.10 Å². The first kappa shape index (κ1) is 7.91. The molecule has 0 aromatic heterocycles. The van der Waals surface area contributed by atoms with Crippen LogP contribution in [0.2, 0.25) is 0 Å². The van der Waals surface area contributed by atoms with E-state index in [0.29, 0.717) is 13.2 Å². The molecule has 1 aromatic carbocycles. The molecule has 4 nitrogen and oxygen atoms in total. The Kier molecular flexibility index (Phi) is 2.04. The van der Waals surface area contributed by atoms with E-state index in [1.807, 2.05) is 18.2 Å². The zero-order chi connectivity index (χ0) is 9.10. The topological polar surface area (TPSA) is 56.8 Å². The normalized spacial score (nSPS) is 14.8. The number of ether oxygens (including phenoxy) is 2. The van der Waals surface area contributed by atoms with Gasteiger partial charge in [-0.15, -0.1) is 0 Å². The maximum atomic E-state index is 5.38. The highest BCUT2D eigenvalue weighted by molar-refractivity contribution is 5.80. The molecule has 1 heterocycles. The van der Waals surface area contributed by atoms with Crippen LogP contribution in [-0.4, -0.2) is 19.4 Å². The van der Waals surface area contributed by atoms with Crippen molar-refractivity contribution in [1.29, 1.82) is 0 Å². The molecule has 0 saturated heterocycles. The lowest BCUT2D eigenvalue weighted by molar-refractivity contribution is 0.171. The van der Waals surface area contributed by atoms with Gasteiger partial charge >= 0.3 is 0 Å². The van der Waals surface area contributed by atoms with Crippen LogP contribution in [0.5, 0.6) is 11.5 Å². The Morgan fingerprint density at radius 2 is 2.00 bits per heavy atom. The summed E-state index contributed by atoms with van der Waals surface area (Å²) in [5, 5.41) is 3.43. The average molecular weight is 178 g/mol. The summed E-state index contributed by atoms with van der Waals surface area (Å²) >= 11 is 0. The van der Waals surface area contributed by atoms with Crippen molar-refractivity contribution in [2.45, 2.75) is 0 Å². The van der Waals surface area contributed by atoms with Gasteiger partial charge in [-0.25, -0.2) is 0 Å². The van der Waals surface area contributed by atoms with Gasteiger partial charge < -0.3 is 15.3 Å². The van der Waals surface area contributed by atoms with Gasteiger partial charge in [0.1, 0.15) is 13.2 Å². The fourth-order valence-corrected chi connectivity index (χ4v) is 1.23. The van der Waals surface area contributed by atoms with Gasteiger partial charge in [-0.3, -0.25) is 0 Å². The summed E-state index contributed by atoms with van der Waals surface area (Å²) in [5.74, 6) is 6.57. The minimum absolute atomic E-state index is 0.593. The molecular formula is C9H10N2O2. The number of nitrogens with zero attached hydrogens (tertiary/aromatic N) is 1. The number of hydrogen-bond acceptors (Lipinski definition) is 4. The van der Waals surface area contributed by atoms with Gasteiger partial charge in [0.15, 0.2) is 11.5 Å². The Hall–Kier alpha value is -1.71. The highest BCUT2D eigenvalue weighted by atomic mass is 16.6. The minimum Gasteiger partial charge on any atom is -0.486 e. The van der Waals surface area contributed by atoms with Crippen molar-refractivity contribution in [3.8, 4) is 11.5 Å².